The first-order chi connectivity index (χ1) is 16.9. The third-order valence-corrected chi connectivity index (χ3v) is 5.97. The number of aliphatic hydroxyl groups is 2. The summed E-state index contributed by atoms with van der Waals surface area (Å²) in [4.78, 5) is 19.1. The number of rotatable bonds is 9. The fourth-order valence-corrected chi connectivity index (χ4v) is 4.23. The molecule has 1 aromatic heterocycles. The zero-order chi connectivity index (χ0) is 24.9. The Kier molecular flexibility index (Phi) is 7.67. The minimum atomic E-state index is -3.07. The standard InChI is InChI=1S/C26H26F3N3O3/c27-24(25(28)29)18-4-1-3-16(12-18)11-17-7-9-30-23(13-17)32-10-8-20-21(5-2-6-22(20)32)26(35)31-14-19(34)15-33/h1-7,9,12-13,19,24-25,33-34H,8,10-11,14-15H2,(H,31,35). The summed E-state index contributed by atoms with van der Waals surface area (Å²) in [6.45, 7) is 0.130. The number of benzene rings is 2. The number of hydrogen-bond acceptors (Lipinski definition) is 5. The zero-order valence-corrected chi connectivity index (χ0v) is 18.9. The highest BCUT2D eigenvalue weighted by Crippen LogP contribution is 2.36. The van der Waals surface area contributed by atoms with Gasteiger partial charge in [0.25, 0.3) is 12.3 Å². The number of hydrogen-bond donors (Lipinski definition) is 3. The van der Waals surface area contributed by atoms with Crippen molar-refractivity contribution in [3.63, 3.8) is 0 Å². The van der Waals surface area contributed by atoms with E-state index in [9.17, 15) is 23.1 Å². The van der Waals surface area contributed by atoms with E-state index in [2.05, 4.69) is 10.3 Å². The molecule has 0 radical (unpaired) electrons. The topological polar surface area (TPSA) is 85.7 Å². The molecule has 0 aliphatic carbocycles. The molecule has 4 rings (SSSR count). The number of fused-ring (bicyclic) bond motifs is 1. The number of aliphatic hydroxyl groups excluding tert-OH is 2. The van der Waals surface area contributed by atoms with Crippen molar-refractivity contribution in [2.24, 2.45) is 0 Å². The van der Waals surface area contributed by atoms with Gasteiger partial charge in [0.1, 0.15) is 5.82 Å². The van der Waals surface area contributed by atoms with Gasteiger partial charge in [-0.2, -0.15) is 0 Å². The summed E-state index contributed by atoms with van der Waals surface area (Å²) in [6.07, 6.45) is -3.69. The molecule has 1 aliphatic heterocycles. The lowest BCUT2D eigenvalue weighted by molar-refractivity contribution is 0.0495. The molecule has 184 valence electrons. The van der Waals surface area contributed by atoms with Crippen molar-refractivity contribution >= 4 is 17.4 Å². The molecule has 2 unspecified atom stereocenters. The van der Waals surface area contributed by atoms with Crippen LogP contribution >= 0.6 is 0 Å². The molecular formula is C26H26F3N3O3. The van der Waals surface area contributed by atoms with E-state index in [4.69, 9.17) is 5.11 Å². The lowest BCUT2D eigenvalue weighted by Gasteiger charge is -2.19. The summed E-state index contributed by atoms with van der Waals surface area (Å²) < 4.78 is 39.3. The molecule has 0 bridgehead atoms. The first kappa shape index (κ1) is 24.7. The molecule has 2 aromatic carbocycles. The highest BCUT2D eigenvalue weighted by molar-refractivity contribution is 5.98. The molecule has 2 heterocycles. The van der Waals surface area contributed by atoms with Crippen LogP contribution in [0.15, 0.2) is 60.8 Å². The predicted molar refractivity (Wildman–Crippen MR) is 126 cm³/mol. The minimum absolute atomic E-state index is 0.0439. The first-order valence-corrected chi connectivity index (χ1v) is 11.3. The number of nitrogens with one attached hydrogen (secondary N) is 1. The molecule has 0 saturated heterocycles. The molecule has 6 nitrogen and oxygen atoms in total. The van der Waals surface area contributed by atoms with Gasteiger partial charge < -0.3 is 20.4 Å². The van der Waals surface area contributed by atoms with Crippen LogP contribution in [0.1, 0.15) is 38.8 Å². The SMILES string of the molecule is O=C(NCC(O)CO)c1cccc2c1CCN2c1cc(Cc2cccc(C(F)C(F)F)c2)ccn1. The molecule has 2 atom stereocenters. The quantitative estimate of drug-likeness (QED) is 0.430. The van der Waals surface area contributed by atoms with Crippen molar-refractivity contribution in [1.29, 1.82) is 0 Å². The van der Waals surface area contributed by atoms with Crippen LogP contribution in [-0.4, -0.2) is 53.3 Å². The Hall–Kier alpha value is -3.43. The van der Waals surface area contributed by atoms with Gasteiger partial charge in [-0.05, 0) is 59.4 Å². The average Bonchev–Trinajstić information content (AvgIpc) is 3.31. The fourth-order valence-electron chi connectivity index (χ4n) is 4.23. The molecule has 9 heteroatoms. The van der Waals surface area contributed by atoms with Gasteiger partial charge >= 0.3 is 0 Å². The number of carbonyl (C=O) groups excluding carboxylic acids is 1. The molecule has 0 fully saturated rings. The number of halogens is 3. The second kappa shape index (κ2) is 10.9. The fraction of sp³-hybridized carbons (Fsp3) is 0.308. The number of nitrogens with zero attached hydrogens (tertiary/aromatic N) is 2. The smallest absolute Gasteiger partial charge is 0.273 e. The Morgan fingerprint density at radius 3 is 2.63 bits per heavy atom. The van der Waals surface area contributed by atoms with Gasteiger partial charge in [-0.25, -0.2) is 18.2 Å². The summed E-state index contributed by atoms with van der Waals surface area (Å²) in [5.41, 5.74) is 3.78. The maximum atomic E-state index is 13.8. The van der Waals surface area contributed by atoms with Crippen molar-refractivity contribution < 1.29 is 28.2 Å². The lowest BCUT2D eigenvalue weighted by atomic mass is 10.0. The number of aromatic nitrogens is 1. The summed E-state index contributed by atoms with van der Waals surface area (Å²) in [5, 5.41) is 21.1. The molecule has 0 saturated carbocycles. The van der Waals surface area contributed by atoms with Gasteiger partial charge in [-0.1, -0.05) is 30.3 Å². The van der Waals surface area contributed by atoms with Gasteiger partial charge in [-0.15, -0.1) is 0 Å². The molecular weight excluding hydrogens is 459 g/mol. The van der Waals surface area contributed by atoms with Crippen LogP contribution in [0.4, 0.5) is 24.7 Å². The molecule has 3 N–H and O–H groups in total. The van der Waals surface area contributed by atoms with Crippen LogP contribution in [-0.2, 0) is 12.8 Å². The number of alkyl halides is 3. The van der Waals surface area contributed by atoms with Gasteiger partial charge in [0.05, 0.1) is 12.7 Å². The summed E-state index contributed by atoms with van der Waals surface area (Å²) >= 11 is 0. The highest BCUT2D eigenvalue weighted by atomic mass is 19.3. The first-order valence-electron chi connectivity index (χ1n) is 11.3. The van der Waals surface area contributed by atoms with E-state index in [-0.39, 0.29) is 18.0 Å². The molecule has 1 aliphatic rings. The Balaban J connectivity index is 1.53. The molecule has 0 spiro atoms. The lowest BCUT2D eigenvalue weighted by Crippen LogP contribution is -2.34. The Morgan fingerprint density at radius 2 is 1.86 bits per heavy atom. The van der Waals surface area contributed by atoms with Crippen LogP contribution < -0.4 is 10.2 Å². The van der Waals surface area contributed by atoms with E-state index in [0.29, 0.717) is 36.3 Å². The van der Waals surface area contributed by atoms with Crippen molar-refractivity contribution in [3.8, 4) is 0 Å². The van der Waals surface area contributed by atoms with E-state index >= 15 is 0 Å². The van der Waals surface area contributed by atoms with Crippen LogP contribution in [0.3, 0.4) is 0 Å². The molecule has 35 heavy (non-hydrogen) atoms. The van der Waals surface area contributed by atoms with E-state index in [0.717, 1.165) is 16.8 Å². The van der Waals surface area contributed by atoms with Gasteiger partial charge in [0, 0.05) is 30.5 Å². The number of anilines is 2. The van der Waals surface area contributed by atoms with E-state index in [1.165, 1.54) is 12.1 Å². The minimum Gasteiger partial charge on any atom is -0.394 e. The third kappa shape index (κ3) is 5.63. The predicted octanol–water partition coefficient (Wildman–Crippen LogP) is 3.73. The van der Waals surface area contributed by atoms with Gasteiger partial charge in [-0.3, -0.25) is 4.79 Å². The Morgan fingerprint density at radius 1 is 1.09 bits per heavy atom. The van der Waals surface area contributed by atoms with E-state index < -0.39 is 25.3 Å². The van der Waals surface area contributed by atoms with E-state index in [1.807, 2.05) is 23.1 Å². The van der Waals surface area contributed by atoms with Crippen LogP contribution in [0.2, 0.25) is 0 Å². The third-order valence-electron chi connectivity index (χ3n) is 5.97. The Bertz CT molecular complexity index is 1190. The maximum absolute atomic E-state index is 13.8. The van der Waals surface area contributed by atoms with Crippen LogP contribution in [0.5, 0.6) is 0 Å². The zero-order valence-electron chi connectivity index (χ0n) is 18.9. The van der Waals surface area contributed by atoms with E-state index in [1.54, 1.807) is 30.5 Å². The van der Waals surface area contributed by atoms with Gasteiger partial charge in [0.2, 0.25) is 0 Å². The molecule has 1 amide bonds. The van der Waals surface area contributed by atoms with Gasteiger partial charge in [0.15, 0.2) is 6.17 Å². The largest absolute Gasteiger partial charge is 0.394 e. The van der Waals surface area contributed by atoms with Crippen molar-refractivity contribution in [3.05, 3.63) is 88.6 Å². The average molecular weight is 486 g/mol. The van der Waals surface area contributed by atoms with Crippen molar-refractivity contribution in [1.82, 2.24) is 10.3 Å². The summed E-state index contributed by atoms with van der Waals surface area (Å²) in [6, 6.07) is 15.3. The molecule has 3 aromatic rings. The van der Waals surface area contributed by atoms with Crippen molar-refractivity contribution in [2.45, 2.75) is 31.5 Å². The van der Waals surface area contributed by atoms with Crippen molar-refractivity contribution in [2.75, 3.05) is 24.6 Å². The second-order valence-corrected chi connectivity index (χ2v) is 8.43. The summed E-state index contributed by atoms with van der Waals surface area (Å²) in [5.74, 6) is 0.356. The highest BCUT2D eigenvalue weighted by Gasteiger charge is 2.26. The number of pyridine rings is 1. The summed E-state index contributed by atoms with van der Waals surface area (Å²) in [7, 11) is 0. The van der Waals surface area contributed by atoms with Crippen LogP contribution in [0, 0.1) is 0 Å². The number of carbonyl (C=O) groups is 1. The maximum Gasteiger partial charge on any atom is 0.273 e. The monoisotopic (exact) mass is 485 g/mol. The second-order valence-electron chi connectivity index (χ2n) is 8.43. The van der Waals surface area contributed by atoms with Crippen LogP contribution in [0.25, 0.3) is 0 Å². The Labute approximate surface area is 201 Å². The normalized spacial score (nSPS) is 14.6. The number of amides is 1.